The Kier molecular flexibility index (Phi) is 7.79. The van der Waals surface area contributed by atoms with E-state index in [1.54, 1.807) is 12.1 Å². The average molecular weight is 301 g/mol. The van der Waals surface area contributed by atoms with E-state index < -0.39 is 11.7 Å². The average Bonchev–Trinajstić information content (AvgIpc) is 2.46. The molecule has 1 atom stereocenters. The molecule has 4 heteroatoms. The molecule has 1 aromatic carbocycles. The molecule has 0 aliphatic rings. The van der Waals surface area contributed by atoms with E-state index in [0.717, 1.165) is 18.4 Å². The highest BCUT2D eigenvalue weighted by atomic mass is 19.4. The van der Waals surface area contributed by atoms with Gasteiger partial charge in [0.1, 0.15) is 0 Å². The molecule has 0 spiro atoms. The fourth-order valence-corrected chi connectivity index (χ4v) is 2.51. The van der Waals surface area contributed by atoms with Crippen LogP contribution in [0.4, 0.5) is 13.2 Å². The maximum atomic E-state index is 12.5. The molecule has 1 N–H and O–H groups in total. The number of hydrogen-bond donors (Lipinski definition) is 1. The highest BCUT2D eigenvalue weighted by Gasteiger charge is 2.30. The van der Waals surface area contributed by atoms with Gasteiger partial charge in [0, 0.05) is 6.04 Å². The predicted octanol–water partition coefficient (Wildman–Crippen LogP) is 5.72. The van der Waals surface area contributed by atoms with Gasteiger partial charge < -0.3 is 5.32 Å². The smallest absolute Gasteiger partial charge is 0.313 e. The molecule has 0 unspecified atom stereocenters. The Morgan fingerprint density at radius 2 is 1.52 bits per heavy atom. The van der Waals surface area contributed by atoms with E-state index in [1.807, 2.05) is 7.05 Å². The van der Waals surface area contributed by atoms with Gasteiger partial charge in [0.05, 0.1) is 5.56 Å². The highest BCUT2D eigenvalue weighted by molar-refractivity contribution is 5.26. The van der Waals surface area contributed by atoms with E-state index in [9.17, 15) is 13.2 Å². The van der Waals surface area contributed by atoms with Crippen LogP contribution in [0.2, 0.25) is 0 Å². The zero-order valence-corrected chi connectivity index (χ0v) is 13.0. The van der Waals surface area contributed by atoms with Crippen LogP contribution >= 0.6 is 0 Å². The third-order valence-electron chi connectivity index (χ3n) is 3.84. The lowest BCUT2D eigenvalue weighted by Gasteiger charge is -2.17. The van der Waals surface area contributed by atoms with Gasteiger partial charge in [-0.3, -0.25) is 0 Å². The van der Waals surface area contributed by atoms with Crippen LogP contribution in [0.15, 0.2) is 24.3 Å². The summed E-state index contributed by atoms with van der Waals surface area (Å²) in [5.41, 5.74) is 0.347. The third-order valence-corrected chi connectivity index (χ3v) is 3.84. The van der Waals surface area contributed by atoms with Gasteiger partial charge in [-0.25, -0.2) is 0 Å². The molecular weight excluding hydrogens is 275 g/mol. The Morgan fingerprint density at radius 1 is 0.952 bits per heavy atom. The lowest BCUT2D eigenvalue weighted by atomic mass is 9.98. The van der Waals surface area contributed by atoms with Crippen LogP contribution in [-0.2, 0) is 6.18 Å². The molecule has 0 saturated carbocycles. The molecule has 0 heterocycles. The number of benzene rings is 1. The Balaban J connectivity index is 2.45. The molecule has 0 saturated heterocycles. The first kappa shape index (κ1) is 18.0. The molecule has 1 aromatic rings. The normalized spacial score (nSPS) is 13.4. The lowest BCUT2D eigenvalue weighted by molar-refractivity contribution is -0.137. The van der Waals surface area contributed by atoms with Crippen LogP contribution in [0.5, 0.6) is 0 Å². The summed E-state index contributed by atoms with van der Waals surface area (Å²) in [5, 5.41) is 3.20. The van der Waals surface area contributed by atoms with Gasteiger partial charge in [-0.05, 0) is 31.2 Å². The monoisotopic (exact) mass is 301 g/mol. The van der Waals surface area contributed by atoms with E-state index >= 15 is 0 Å². The number of halogens is 3. The third kappa shape index (κ3) is 6.51. The van der Waals surface area contributed by atoms with E-state index in [2.05, 4.69) is 12.2 Å². The molecule has 0 fully saturated rings. The van der Waals surface area contributed by atoms with Gasteiger partial charge >= 0.3 is 6.18 Å². The fraction of sp³-hybridized carbons (Fsp3) is 0.647. The van der Waals surface area contributed by atoms with Crippen molar-refractivity contribution in [1.82, 2.24) is 5.32 Å². The summed E-state index contributed by atoms with van der Waals surface area (Å²) in [5.74, 6) is 0. The van der Waals surface area contributed by atoms with Gasteiger partial charge in [-0.2, -0.15) is 13.2 Å². The summed E-state index contributed by atoms with van der Waals surface area (Å²) in [7, 11) is 1.86. The van der Waals surface area contributed by atoms with Crippen molar-refractivity contribution in [2.24, 2.45) is 0 Å². The van der Waals surface area contributed by atoms with Crippen LogP contribution in [0, 0.1) is 0 Å². The van der Waals surface area contributed by atoms with Crippen molar-refractivity contribution in [2.45, 2.75) is 64.1 Å². The first-order chi connectivity index (χ1) is 9.99. The van der Waals surface area contributed by atoms with Gasteiger partial charge in [0.2, 0.25) is 0 Å². The Hall–Kier alpha value is -1.03. The van der Waals surface area contributed by atoms with Crippen LogP contribution in [-0.4, -0.2) is 7.05 Å². The van der Waals surface area contributed by atoms with Gasteiger partial charge in [0.15, 0.2) is 0 Å². The first-order valence-corrected chi connectivity index (χ1v) is 7.83. The van der Waals surface area contributed by atoms with Crippen molar-refractivity contribution in [3.63, 3.8) is 0 Å². The second-order valence-electron chi connectivity index (χ2n) is 5.52. The van der Waals surface area contributed by atoms with E-state index in [1.165, 1.54) is 44.2 Å². The maximum Gasteiger partial charge on any atom is 0.416 e. The number of alkyl halides is 3. The lowest BCUT2D eigenvalue weighted by Crippen LogP contribution is -2.16. The van der Waals surface area contributed by atoms with Crippen LogP contribution in [0.1, 0.15) is 69.0 Å². The van der Waals surface area contributed by atoms with Crippen molar-refractivity contribution in [2.75, 3.05) is 7.05 Å². The van der Waals surface area contributed by atoms with Crippen molar-refractivity contribution >= 4 is 0 Å². The number of nitrogens with one attached hydrogen (secondary N) is 1. The Bertz CT molecular complexity index is 384. The van der Waals surface area contributed by atoms with Crippen LogP contribution in [0.25, 0.3) is 0 Å². The molecular formula is C17H26F3N. The summed E-state index contributed by atoms with van der Waals surface area (Å²) in [6, 6.07) is 5.64. The SMILES string of the molecule is CCCCCCCC[C@@H](NC)c1ccc(C(F)(F)F)cc1. The minimum Gasteiger partial charge on any atom is -0.313 e. The number of unbranched alkanes of at least 4 members (excludes halogenated alkanes) is 5. The van der Waals surface area contributed by atoms with Crippen molar-refractivity contribution in [1.29, 1.82) is 0 Å². The minimum atomic E-state index is -4.26. The molecule has 0 aromatic heterocycles. The predicted molar refractivity (Wildman–Crippen MR) is 81.2 cm³/mol. The fourth-order valence-electron chi connectivity index (χ4n) is 2.51. The summed E-state index contributed by atoms with van der Waals surface area (Å²) >= 11 is 0. The van der Waals surface area contributed by atoms with Gasteiger partial charge in [-0.1, -0.05) is 57.6 Å². The van der Waals surface area contributed by atoms with Gasteiger partial charge in [0.25, 0.3) is 0 Å². The summed E-state index contributed by atoms with van der Waals surface area (Å²) < 4.78 is 37.6. The van der Waals surface area contributed by atoms with Crippen LogP contribution < -0.4 is 5.32 Å². The number of hydrogen-bond acceptors (Lipinski definition) is 1. The van der Waals surface area contributed by atoms with E-state index in [-0.39, 0.29) is 6.04 Å². The van der Waals surface area contributed by atoms with Gasteiger partial charge in [-0.15, -0.1) is 0 Å². The molecule has 120 valence electrons. The Morgan fingerprint density at radius 3 is 2.05 bits per heavy atom. The zero-order valence-electron chi connectivity index (χ0n) is 13.0. The second-order valence-corrected chi connectivity index (χ2v) is 5.52. The largest absolute Gasteiger partial charge is 0.416 e. The standard InChI is InChI=1S/C17H26F3N/c1-3-4-5-6-7-8-9-16(21-2)14-10-12-15(13-11-14)17(18,19)20/h10-13,16,21H,3-9H2,1-2H3/t16-/m1/s1. The molecule has 0 aliphatic heterocycles. The highest BCUT2D eigenvalue weighted by Crippen LogP contribution is 2.30. The topological polar surface area (TPSA) is 12.0 Å². The quantitative estimate of drug-likeness (QED) is 0.575. The Labute approximate surface area is 125 Å². The second kappa shape index (κ2) is 9.08. The molecule has 0 bridgehead atoms. The molecule has 0 amide bonds. The summed E-state index contributed by atoms with van der Waals surface area (Å²) in [6.45, 7) is 2.20. The molecule has 0 radical (unpaired) electrons. The zero-order chi connectivity index (χ0) is 15.7. The van der Waals surface area contributed by atoms with E-state index in [0.29, 0.717) is 0 Å². The first-order valence-electron chi connectivity index (χ1n) is 7.83. The van der Waals surface area contributed by atoms with Crippen molar-refractivity contribution in [3.05, 3.63) is 35.4 Å². The maximum absolute atomic E-state index is 12.5. The van der Waals surface area contributed by atoms with Crippen LogP contribution in [0.3, 0.4) is 0 Å². The molecule has 21 heavy (non-hydrogen) atoms. The van der Waals surface area contributed by atoms with Crippen molar-refractivity contribution in [3.8, 4) is 0 Å². The van der Waals surface area contributed by atoms with E-state index in [4.69, 9.17) is 0 Å². The number of rotatable bonds is 9. The van der Waals surface area contributed by atoms with Crippen molar-refractivity contribution < 1.29 is 13.2 Å². The molecule has 1 nitrogen and oxygen atoms in total. The minimum absolute atomic E-state index is 0.137. The molecule has 1 rings (SSSR count). The summed E-state index contributed by atoms with van der Waals surface area (Å²) in [6.07, 6.45) is 4.06. The molecule has 0 aliphatic carbocycles. The summed E-state index contributed by atoms with van der Waals surface area (Å²) in [4.78, 5) is 0.